The molecule has 0 amide bonds. The van der Waals surface area contributed by atoms with Crippen molar-refractivity contribution in [2.45, 2.75) is 31.6 Å². The van der Waals surface area contributed by atoms with Crippen LogP contribution in [0.3, 0.4) is 0 Å². The molecule has 3 rings (SSSR count). The summed E-state index contributed by atoms with van der Waals surface area (Å²) in [4.78, 5) is 9.42. The number of hydrogen-bond acceptors (Lipinski definition) is 5. The second-order valence-corrected chi connectivity index (χ2v) is 6.82. The fourth-order valence-corrected chi connectivity index (χ4v) is 3.46. The number of benzene rings is 1. The molecule has 0 aliphatic carbocycles. The van der Waals surface area contributed by atoms with Crippen LogP contribution in [0, 0.1) is 0 Å². The molecule has 2 aromatic rings. The fraction of sp³-hybridized carbons (Fsp3) is 0.444. The summed E-state index contributed by atoms with van der Waals surface area (Å²) in [6, 6.07) is 6.58. The van der Waals surface area contributed by atoms with Crippen LogP contribution in [-0.4, -0.2) is 41.1 Å². The summed E-state index contributed by atoms with van der Waals surface area (Å²) < 4.78 is 43.6. The van der Waals surface area contributed by atoms with E-state index in [0.29, 0.717) is 23.9 Å². The van der Waals surface area contributed by atoms with Crippen LogP contribution in [0.5, 0.6) is 5.75 Å². The topological polar surface area (TPSA) is 50.3 Å². The first-order valence-electron chi connectivity index (χ1n) is 8.56. The van der Waals surface area contributed by atoms with Crippen molar-refractivity contribution in [3.8, 4) is 5.75 Å². The molecular weight excluding hydrogens is 381 g/mol. The molecule has 1 N–H and O–H groups in total. The maximum atomic E-state index is 12.8. The van der Waals surface area contributed by atoms with Crippen LogP contribution in [0.15, 0.2) is 30.6 Å². The number of nitrogens with zero attached hydrogens (tertiary/aromatic N) is 3. The molecule has 1 aromatic carbocycles. The van der Waals surface area contributed by atoms with Gasteiger partial charge in [-0.25, -0.2) is 9.97 Å². The van der Waals surface area contributed by atoms with E-state index in [9.17, 15) is 13.2 Å². The fourth-order valence-electron chi connectivity index (χ4n) is 3.19. The highest BCUT2D eigenvalue weighted by Crippen LogP contribution is 2.30. The third kappa shape index (κ3) is 5.01. The largest absolute Gasteiger partial charge is 0.495 e. The highest BCUT2D eigenvalue weighted by molar-refractivity contribution is 6.32. The molecule has 1 atom stereocenters. The molecule has 146 valence electrons. The summed E-state index contributed by atoms with van der Waals surface area (Å²) in [6.45, 7) is 2.22. The molecule has 1 unspecified atom stereocenters. The van der Waals surface area contributed by atoms with Crippen LogP contribution < -0.4 is 10.1 Å². The first-order valence-corrected chi connectivity index (χ1v) is 8.94. The zero-order valence-electron chi connectivity index (χ0n) is 14.8. The van der Waals surface area contributed by atoms with Gasteiger partial charge in [0.2, 0.25) is 0 Å². The number of aromatic nitrogens is 2. The average Bonchev–Trinajstić information content (AvgIpc) is 2.63. The van der Waals surface area contributed by atoms with Gasteiger partial charge in [0.15, 0.2) is 0 Å². The van der Waals surface area contributed by atoms with Gasteiger partial charge in [0.05, 0.1) is 12.1 Å². The van der Waals surface area contributed by atoms with Crippen LogP contribution in [-0.2, 0) is 12.7 Å². The molecule has 1 aliphatic rings. The number of ether oxygens (including phenoxy) is 1. The Kier molecular flexibility index (Phi) is 6.06. The van der Waals surface area contributed by atoms with Crippen LogP contribution in [0.4, 0.5) is 19.0 Å². The highest BCUT2D eigenvalue weighted by Gasteiger charge is 2.33. The van der Waals surface area contributed by atoms with Crippen molar-refractivity contribution >= 4 is 17.4 Å². The molecule has 5 nitrogen and oxygen atoms in total. The van der Waals surface area contributed by atoms with Gasteiger partial charge in [-0.2, -0.15) is 13.2 Å². The Morgan fingerprint density at radius 1 is 1.33 bits per heavy atom. The summed E-state index contributed by atoms with van der Waals surface area (Å²) in [5.41, 5.74) is 0.00823. The minimum atomic E-state index is -4.49. The third-order valence-corrected chi connectivity index (χ3v) is 4.90. The van der Waals surface area contributed by atoms with E-state index in [1.165, 1.54) is 0 Å². The second-order valence-electron chi connectivity index (χ2n) is 6.44. The summed E-state index contributed by atoms with van der Waals surface area (Å²) in [7, 11) is 1.57. The molecule has 1 saturated heterocycles. The SMILES string of the molecule is COc1cccc(CN2CCCC(Nc3cc(C(F)(F)F)ncn3)C2)c1Cl. The van der Waals surface area contributed by atoms with Crippen molar-refractivity contribution < 1.29 is 17.9 Å². The third-order valence-electron chi connectivity index (χ3n) is 4.47. The maximum absolute atomic E-state index is 12.8. The first-order chi connectivity index (χ1) is 12.9. The minimum absolute atomic E-state index is 0.000818. The monoisotopic (exact) mass is 400 g/mol. The zero-order valence-corrected chi connectivity index (χ0v) is 15.5. The van der Waals surface area contributed by atoms with E-state index < -0.39 is 11.9 Å². The Balaban J connectivity index is 1.65. The summed E-state index contributed by atoms with van der Waals surface area (Å²) in [5, 5.41) is 3.68. The van der Waals surface area contributed by atoms with E-state index in [0.717, 1.165) is 37.3 Å². The quantitative estimate of drug-likeness (QED) is 0.813. The highest BCUT2D eigenvalue weighted by atomic mass is 35.5. The number of anilines is 1. The molecule has 27 heavy (non-hydrogen) atoms. The van der Waals surface area contributed by atoms with Gasteiger partial charge < -0.3 is 10.1 Å². The van der Waals surface area contributed by atoms with Gasteiger partial charge in [0.25, 0.3) is 0 Å². The standard InChI is InChI=1S/C18H20ClF3N4O/c1-27-14-6-2-4-12(17(14)19)9-26-7-3-5-13(10-26)25-16-8-15(18(20,21)22)23-11-24-16/h2,4,6,8,11,13H,3,5,7,9-10H2,1H3,(H,23,24,25). The molecular formula is C18H20ClF3N4O. The lowest BCUT2D eigenvalue weighted by atomic mass is 10.0. The van der Waals surface area contributed by atoms with E-state index in [2.05, 4.69) is 20.2 Å². The lowest BCUT2D eigenvalue weighted by Gasteiger charge is -2.33. The Bertz CT molecular complexity index is 787. The normalized spacial score (nSPS) is 18.3. The van der Waals surface area contributed by atoms with Crippen LogP contribution >= 0.6 is 11.6 Å². The summed E-state index contributed by atoms with van der Waals surface area (Å²) in [6.07, 6.45) is -1.77. The van der Waals surface area contributed by atoms with Crippen molar-refractivity contribution in [3.05, 3.63) is 46.9 Å². The summed E-state index contributed by atoms with van der Waals surface area (Å²) >= 11 is 6.36. The molecule has 0 spiro atoms. The van der Waals surface area contributed by atoms with Crippen molar-refractivity contribution in [1.29, 1.82) is 0 Å². The smallest absolute Gasteiger partial charge is 0.433 e. The number of rotatable bonds is 5. The molecule has 2 heterocycles. The van der Waals surface area contributed by atoms with Gasteiger partial charge in [0.1, 0.15) is 23.6 Å². The van der Waals surface area contributed by atoms with E-state index in [-0.39, 0.29) is 11.9 Å². The number of nitrogens with one attached hydrogen (secondary N) is 1. The second kappa shape index (κ2) is 8.31. The molecule has 1 aromatic heterocycles. The Hall–Kier alpha value is -2.06. The lowest BCUT2D eigenvalue weighted by Crippen LogP contribution is -2.41. The Labute approximate surface area is 160 Å². The van der Waals surface area contributed by atoms with Crippen molar-refractivity contribution in [3.63, 3.8) is 0 Å². The van der Waals surface area contributed by atoms with E-state index in [1.54, 1.807) is 13.2 Å². The molecule has 9 heteroatoms. The molecule has 0 saturated carbocycles. The lowest BCUT2D eigenvalue weighted by molar-refractivity contribution is -0.141. The van der Waals surface area contributed by atoms with E-state index in [1.807, 2.05) is 12.1 Å². The molecule has 0 bridgehead atoms. The average molecular weight is 401 g/mol. The van der Waals surface area contributed by atoms with Crippen LogP contribution in [0.2, 0.25) is 5.02 Å². The number of likely N-dealkylation sites (tertiary alicyclic amines) is 1. The Morgan fingerprint density at radius 3 is 2.89 bits per heavy atom. The van der Waals surface area contributed by atoms with Gasteiger partial charge in [-0.3, -0.25) is 4.90 Å². The molecule has 1 fully saturated rings. The predicted molar refractivity (Wildman–Crippen MR) is 97.0 cm³/mol. The summed E-state index contributed by atoms with van der Waals surface area (Å²) in [5.74, 6) is 0.810. The molecule has 1 aliphatic heterocycles. The van der Waals surface area contributed by atoms with Crippen molar-refractivity contribution in [2.24, 2.45) is 0 Å². The number of methoxy groups -OCH3 is 1. The minimum Gasteiger partial charge on any atom is -0.495 e. The number of hydrogen-bond donors (Lipinski definition) is 1. The van der Waals surface area contributed by atoms with Crippen molar-refractivity contribution in [2.75, 3.05) is 25.5 Å². The van der Waals surface area contributed by atoms with Crippen LogP contribution in [0.25, 0.3) is 0 Å². The zero-order chi connectivity index (χ0) is 19.4. The van der Waals surface area contributed by atoms with Crippen molar-refractivity contribution in [1.82, 2.24) is 14.9 Å². The Morgan fingerprint density at radius 2 is 2.15 bits per heavy atom. The van der Waals surface area contributed by atoms with E-state index in [4.69, 9.17) is 16.3 Å². The molecule has 0 radical (unpaired) electrons. The van der Waals surface area contributed by atoms with Crippen LogP contribution in [0.1, 0.15) is 24.1 Å². The van der Waals surface area contributed by atoms with Gasteiger partial charge in [-0.1, -0.05) is 23.7 Å². The van der Waals surface area contributed by atoms with Gasteiger partial charge in [-0.15, -0.1) is 0 Å². The number of halogens is 4. The van der Waals surface area contributed by atoms with Gasteiger partial charge >= 0.3 is 6.18 Å². The van der Waals surface area contributed by atoms with E-state index >= 15 is 0 Å². The first kappa shape index (κ1) is 19.7. The number of alkyl halides is 3. The maximum Gasteiger partial charge on any atom is 0.433 e. The number of piperidine rings is 1. The predicted octanol–water partition coefficient (Wildman–Crippen LogP) is 4.23. The van der Waals surface area contributed by atoms with Gasteiger partial charge in [-0.05, 0) is 31.0 Å². The van der Waals surface area contributed by atoms with Gasteiger partial charge in [0, 0.05) is 25.2 Å².